The van der Waals surface area contributed by atoms with Crippen molar-refractivity contribution in [2.24, 2.45) is 23.7 Å². The topological polar surface area (TPSA) is 9.23 Å². The zero-order valence-corrected chi connectivity index (χ0v) is 8.54. The van der Waals surface area contributed by atoms with E-state index < -0.39 is 0 Å². The van der Waals surface area contributed by atoms with E-state index in [1.807, 2.05) is 7.11 Å². The number of rotatable bonds is 1. The molecule has 74 valence electrons. The normalized spacial score (nSPS) is 53.8. The molecular weight excluding hydrogens is 160 g/mol. The van der Waals surface area contributed by atoms with Crippen molar-refractivity contribution in [3.05, 3.63) is 0 Å². The molecule has 0 heterocycles. The lowest BCUT2D eigenvalue weighted by molar-refractivity contribution is -0.0488. The highest BCUT2D eigenvalue weighted by molar-refractivity contribution is 4.96. The molecule has 0 saturated heterocycles. The van der Waals surface area contributed by atoms with Crippen molar-refractivity contribution in [2.45, 2.75) is 44.6 Å². The summed E-state index contributed by atoms with van der Waals surface area (Å²) in [5.41, 5.74) is 0. The number of hydrogen-bond donors (Lipinski definition) is 0. The third kappa shape index (κ3) is 1.24. The first-order chi connectivity index (χ1) is 6.36. The molecule has 0 radical (unpaired) electrons. The molecule has 13 heavy (non-hydrogen) atoms. The van der Waals surface area contributed by atoms with Gasteiger partial charge in [0.2, 0.25) is 0 Å². The fourth-order valence-corrected chi connectivity index (χ4v) is 4.38. The first kappa shape index (κ1) is 8.28. The molecule has 4 fully saturated rings. The summed E-state index contributed by atoms with van der Waals surface area (Å²) in [6.45, 7) is 0. The van der Waals surface area contributed by atoms with E-state index in [1.54, 1.807) is 6.42 Å². The Labute approximate surface area is 80.8 Å². The SMILES string of the molecule is COC1[C@@H]2C[C@@H]3CC[C@H]1C[C@@H](C3)C2. The predicted octanol–water partition coefficient (Wildman–Crippen LogP) is 2.85. The van der Waals surface area contributed by atoms with Gasteiger partial charge in [-0.2, -0.15) is 0 Å². The summed E-state index contributed by atoms with van der Waals surface area (Å²) in [5.74, 6) is 3.98. The molecule has 0 aromatic carbocycles. The van der Waals surface area contributed by atoms with E-state index in [2.05, 4.69) is 0 Å². The Morgan fingerprint density at radius 3 is 2.46 bits per heavy atom. The van der Waals surface area contributed by atoms with Crippen molar-refractivity contribution in [1.29, 1.82) is 0 Å². The van der Waals surface area contributed by atoms with Crippen LogP contribution in [0.2, 0.25) is 0 Å². The minimum Gasteiger partial charge on any atom is -0.381 e. The summed E-state index contributed by atoms with van der Waals surface area (Å²) in [5, 5.41) is 0. The maximum atomic E-state index is 5.71. The lowest BCUT2D eigenvalue weighted by Gasteiger charge is -2.43. The second-order valence-corrected chi connectivity index (χ2v) is 5.47. The Bertz CT molecular complexity index is 193. The quantitative estimate of drug-likeness (QED) is 0.603. The van der Waals surface area contributed by atoms with Crippen molar-refractivity contribution < 1.29 is 4.74 Å². The van der Waals surface area contributed by atoms with E-state index >= 15 is 0 Å². The van der Waals surface area contributed by atoms with Crippen molar-refractivity contribution in [1.82, 2.24) is 0 Å². The van der Waals surface area contributed by atoms with Gasteiger partial charge in [-0.05, 0) is 55.8 Å². The Kier molecular flexibility index (Phi) is 1.90. The van der Waals surface area contributed by atoms with Crippen LogP contribution in [0, 0.1) is 23.7 Å². The molecule has 4 aliphatic rings. The molecule has 0 aliphatic heterocycles. The molecule has 5 atom stereocenters. The fraction of sp³-hybridized carbons (Fsp3) is 1.00. The first-order valence-corrected chi connectivity index (χ1v) is 5.89. The molecule has 1 unspecified atom stereocenters. The standard InChI is InChI=1S/C12H20O/c1-13-12-10-3-2-8-4-9(6-10)7-11(12)5-8/h8-12H,2-7H2,1H3/t8-,9-,10+,11-,12?/m1/s1. The van der Waals surface area contributed by atoms with E-state index in [0.717, 1.165) is 23.7 Å². The van der Waals surface area contributed by atoms with E-state index in [1.165, 1.54) is 32.1 Å². The van der Waals surface area contributed by atoms with Gasteiger partial charge >= 0.3 is 0 Å². The minimum atomic E-state index is 0.626. The fourth-order valence-electron chi connectivity index (χ4n) is 4.38. The average Bonchev–Trinajstić information content (AvgIpc) is 2.33. The van der Waals surface area contributed by atoms with Gasteiger partial charge in [0.05, 0.1) is 6.10 Å². The van der Waals surface area contributed by atoms with Crippen molar-refractivity contribution >= 4 is 0 Å². The van der Waals surface area contributed by atoms with Gasteiger partial charge in [-0.15, -0.1) is 0 Å². The van der Waals surface area contributed by atoms with E-state index in [-0.39, 0.29) is 0 Å². The van der Waals surface area contributed by atoms with Crippen LogP contribution in [0.1, 0.15) is 38.5 Å². The number of methoxy groups -OCH3 is 1. The van der Waals surface area contributed by atoms with Crippen LogP contribution < -0.4 is 0 Å². The summed E-state index contributed by atoms with van der Waals surface area (Å²) in [6.07, 6.45) is 9.56. The van der Waals surface area contributed by atoms with Gasteiger partial charge in [0.15, 0.2) is 0 Å². The Hall–Kier alpha value is -0.0400. The van der Waals surface area contributed by atoms with Crippen LogP contribution in [-0.4, -0.2) is 13.2 Å². The largest absolute Gasteiger partial charge is 0.381 e. The van der Waals surface area contributed by atoms with Crippen molar-refractivity contribution in [2.75, 3.05) is 7.11 Å². The second-order valence-electron chi connectivity index (χ2n) is 5.47. The molecule has 4 aliphatic carbocycles. The van der Waals surface area contributed by atoms with Gasteiger partial charge in [0, 0.05) is 7.11 Å². The molecule has 0 aromatic rings. The van der Waals surface area contributed by atoms with Gasteiger partial charge in [0.25, 0.3) is 0 Å². The molecule has 4 rings (SSSR count). The lowest BCUT2D eigenvalue weighted by Crippen LogP contribution is -2.40. The van der Waals surface area contributed by atoms with E-state index in [4.69, 9.17) is 4.74 Å². The molecule has 0 spiro atoms. The molecule has 1 heteroatoms. The predicted molar refractivity (Wildman–Crippen MR) is 52.5 cm³/mol. The van der Waals surface area contributed by atoms with Gasteiger partial charge in [-0.25, -0.2) is 0 Å². The summed E-state index contributed by atoms with van der Waals surface area (Å²) in [4.78, 5) is 0. The molecular formula is C12H20O. The smallest absolute Gasteiger partial charge is 0.0627 e. The molecule has 1 nitrogen and oxygen atoms in total. The van der Waals surface area contributed by atoms with Crippen LogP contribution in [0.25, 0.3) is 0 Å². The third-order valence-corrected chi connectivity index (χ3v) is 4.72. The molecule has 0 amide bonds. The highest BCUT2D eigenvalue weighted by atomic mass is 16.5. The van der Waals surface area contributed by atoms with Crippen LogP contribution >= 0.6 is 0 Å². The maximum Gasteiger partial charge on any atom is 0.0627 e. The van der Waals surface area contributed by atoms with Crippen LogP contribution in [0.4, 0.5) is 0 Å². The lowest BCUT2D eigenvalue weighted by atomic mass is 9.66. The Morgan fingerprint density at radius 2 is 1.62 bits per heavy atom. The summed E-state index contributed by atoms with van der Waals surface area (Å²) in [6, 6.07) is 0. The molecule has 0 aromatic heterocycles. The second kappa shape index (κ2) is 2.98. The number of fused-ring (bicyclic) bond motifs is 1. The van der Waals surface area contributed by atoms with Crippen LogP contribution in [0.15, 0.2) is 0 Å². The minimum absolute atomic E-state index is 0.626. The Balaban J connectivity index is 1.88. The summed E-state index contributed by atoms with van der Waals surface area (Å²) >= 11 is 0. The summed E-state index contributed by atoms with van der Waals surface area (Å²) < 4.78 is 5.71. The molecule has 4 bridgehead atoms. The highest BCUT2D eigenvalue weighted by Gasteiger charge is 2.45. The zero-order chi connectivity index (χ0) is 8.84. The zero-order valence-electron chi connectivity index (χ0n) is 8.54. The monoisotopic (exact) mass is 180 g/mol. The molecule has 4 saturated carbocycles. The van der Waals surface area contributed by atoms with Crippen LogP contribution in [0.5, 0.6) is 0 Å². The van der Waals surface area contributed by atoms with E-state index in [9.17, 15) is 0 Å². The van der Waals surface area contributed by atoms with E-state index in [0.29, 0.717) is 6.10 Å². The molecule has 0 N–H and O–H groups in total. The maximum absolute atomic E-state index is 5.71. The third-order valence-electron chi connectivity index (χ3n) is 4.72. The van der Waals surface area contributed by atoms with Gasteiger partial charge in [-0.1, -0.05) is 6.42 Å². The van der Waals surface area contributed by atoms with Crippen molar-refractivity contribution in [3.63, 3.8) is 0 Å². The average molecular weight is 180 g/mol. The van der Waals surface area contributed by atoms with Crippen LogP contribution in [0.3, 0.4) is 0 Å². The first-order valence-electron chi connectivity index (χ1n) is 5.89. The van der Waals surface area contributed by atoms with Crippen molar-refractivity contribution in [3.8, 4) is 0 Å². The summed E-state index contributed by atoms with van der Waals surface area (Å²) in [7, 11) is 1.92. The van der Waals surface area contributed by atoms with Gasteiger partial charge in [0.1, 0.15) is 0 Å². The van der Waals surface area contributed by atoms with Gasteiger partial charge < -0.3 is 4.74 Å². The van der Waals surface area contributed by atoms with Gasteiger partial charge in [-0.3, -0.25) is 0 Å². The Morgan fingerprint density at radius 1 is 0.846 bits per heavy atom. The van der Waals surface area contributed by atoms with Crippen LogP contribution in [-0.2, 0) is 4.74 Å². The number of hydrogen-bond acceptors (Lipinski definition) is 1. The highest BCUT2D eigenvalue weighted by Crippen LogP contribution is 2.51. The number of ether oxygens (including phenoxy) is 1.